The summed E-state index contributed by atoms with van der Waals surface area (Å²) in [6.45, 7) is 1.84. The molecule has 0 spiro atoms. The zero-order chi connectivity index (χ0) is 14.7. The van der Waals surface area contributed by atoms with Crippen LogP contribution in [0.25, 0.3) is 0 Å². The molecule has 1 aliphatic carbocycles. The van der Waals surface area contributed by atoms with Gasteiger partial charge in [-0.15, -0.1) is 0 Å². The van der Waals surface area contributed by atoms with Gasteiger partial charge in [-0.05, 0) is 42.9 Å². The zero-order valence-electron chi connectivity index (χ0n) is 11.9. The second-order valence-corrected chi connectivity index (χ2v) is 5.70. The van der Waals surface area contributed by atoms with Crippen LogP contribution in [0.15, 0.2) is 12.1 Å². The number of aryl methyl sites for hydroxylation is 1. The minimum atomic E-state index is -0.492. The van der Waals surface area contributed by atoms with Gasteiger partial charge in [-0.2, -0.15) is 0 Å². The average Bonchev–Trinajstić information content (AvgIpc) is 2.88. The van der Waals surface area contributed by atoms with Crippen LogP contribution in [0.2, 0.25) is 0 Å². The lowest BCUT2D eigenvalue weighted by Crippen LogP contribution is -2.21. The monoisotopic (exact) mass is 274 g/mol. The lowest BCUT2D eigenvalue weighted by atomic mass is 9.89. The fourth-order valence-corrected chi connectivity index (χ4v) is 3.25. The summed E-state index contributed by atoms with van der Waals surface area (Å²) in [5, 5.41) is 0. The summed E-state index contributed by atoms with van der Waals surface area (Å²) >= 11 is 0. The molecule has 2 amide bonds. The van der Waals surface area contributed by atoms with E-state index in [1.54, 1.807) is 12.1 Å². The molecule has 0 unspecified atom stereocenters. The van der Waals surface area contributed by atoms with Crippen LogP contribution in [-0.4, -0.2) is 11.8 Å². The Bertz CT molecular complexity index is 532. The van der Waals surface area contributed by atoms with Crippen LogP contribution < -0.4 is 11.5 Å². The largest absolute Gasteiger partial charge is 0.366 e. The van der Waals surface area contributed by atoms with E-state index in [-0.39, 0.29) is 0 Å². The van der Waals surface area contributed by atoms with Gasteiger partial charge >= 0.3 is 0 Å². The number of hydrogen-bond acceptors (Lipinski definition) is 2. The van der Waals surface area contributed by atoms with Crippen LogP contribution in [0.5, 0.6) is 0 Å². The molecule has 1 aromatic rings. The smallest absolute Gasteiger partial charge is 0.249 e. The van der Waals surface area contributed by atoms with E-state index in [0.717, 1.165) is 17.5 Å². The van der Waals surface area contributed by atoms with E-state index >= 15 is 0 Å². The molecule has 1 aromatic carbocycles. The Morgan fingerprint density at radius 3 is 2.35 bits per heavy atom. The Kier molecular flexibility index (Phi) is 4.42. The van der Waals surface area contributed by atoms with E-state index < -0.39 is 11.8 Å². The first-order valence-electron chi connectivity index (χ1n) is 7.22. The molecule has 0 aliphatic heterocycles. The van der Waals surface area contributed by atoms with Crippen molar-refractivity contribution < 1.29 is 9.59 Å². The second-order valence-electron chi connectivity index (χ2n) is 5.70. The zero-order valence-corrected chi connectivity index (χ0v) is 11.9. The van der Waals surface area contributed by atoms with Crippen LogP contribution in [0.1, 0.15) is 63.9 Å². The SMILES string of the molecule is Cc1ccc(C(N)=O)c(CCC2CCCC2)c1C(N)=O. The molecule has 0 saturated heterocycles. The lowest BCUT2D eigenvalue weighted by molar-refractivity contribution is 0.0998. The molecule has 0 heterocycles. The minimum absolute atomic E-state index is 0.433. The molecule has 1 aliphatic rings. The predicted molar refractivity (Wildman–Crippen MR) is 78.5 cm³/mol. The quantitative estimate of drug-likeness (QED) is 0.863. The fourth-order valence-electron chi connectivity index (χ4n) is 3.25. The summed E-state index contributed by atoms with van der Waals surface area (Å²) in [6, 6.07) is 3.44. The number of primary amides is 2. The van der Waals surface area contributed by atoms with Crippen LogP contribution in [0.3, 0.4) is 0 Å². The summed E-state index contributed by atoms with van der Waals surface area (Å²) in [5.41, 5.74) is 13.4. The van der Waals surface area contributed by atoms with Crippen LogP contribution >= 0.6 is 0 Å². The molecular weight excluding hydrogens is 252 g/mol. The van der Waals surface area contributed by atoms with Gasteiger partial charge in [0.2, 0.25) is 11.8 Å². The Morgan fingerprint density at radius 2 is 1.80 bits per heavy atom. The Hall–Kier alpha value is -1.84. The summed E-state index contributed by atoms with van der Waals surface area (Å²) in [5.74, 6) is -0.280. The number of carbonyl (C=O) groups excluding carboxylic acids is 2. The highest BCUT2D eigenvalue weighted by Crippen LogP contribution is 2.30. The van der Waals surface area contributed by atoms with Crippen molar-refractivity contribution in [1.29, 1.82) is 0 Å². The third-order valence-electron chi connectivity index (χ3n) is 4.31. The molecular formula is C16H22N2O2. The fraction of sp³-hybridized carbons (Fsp3) is 0.500. The Morgan fingerprint density at radius 1 is 1.15 bits per heavy atom. The van der Waals surface area contributed by atoms with Gasteiger partial charge in [0.25, 0.3) is 0 Å². The van der Waals surface area contributed by atoms with Gasteiger partial charge in [-0.3, -0.25) is 9.59 Å². The van der Waals surface area contributed by atoms with Gasteiger partial charge in [-0.25, -0.2) is 0 Å². The van der Waals surface area contributed by atoms with Crippen molar-refractivity contribution in [2.45, 2.75) is 45.4 Å². The Labute approximate surface area is 119 Å². The standard InChI is InChI=1S/C16H22N2O2/c1-10-6-8-13(15(17)19)12(14(10)16(18)20)9-7-11-4-2-3-5-11/h6,8,11H,2-5,7,9H2,1H3,(H2,17,19)(H2,18,20). The number of rotatable bonds is 5. The number of amides is 2. The van der Waals surface area contributed by atoms with E-state index in [0.29, 0.717) is 23.5 Å². The number of nitrogens with two attached hydrogens (primary N) is 2. The van der Waals surface area contributed by atoms with Gasteiger partial charge in [0.1, 0.15) is 0 Å². The van der Waals surface area contributed by atoms with Crippen molar-refractivity contribution in [3.63, 3.8) is 0 Å². The minimum Gasteiger partial charge on any atom is -0.366 e. The summed E-state index contributed by atoms with van der Waals surface area (Å²) in [7, 11) is 0. The van der Waals surface area contributed by atoms with E-state index in [1.807, 2.05) is 6.92 Å². The topological polar surface area (TPSA) is 86.2 Å². The lowest BCUT2D eigenvalue weighted by Gasteiger charge is -2.15. The molecule has 0 bridgehead atoms. The van der Waals surface area contributed by atoms with Crippen molar-refractivity contribution in [1.82, 2.24) is 0 Å². The molecule has 0 aromatic heterocycles. The highest BCUT2D eigenvalue weighted by molar-refractivity contribution is 6.02. The molecule has 108 valence electrons. The Balaban J connectivity index is 2.33. The summed E-state index contributed by atoms with van der Waals surface area (Å²) < 4.78 is 0. The molecule has 4 nitrogen and oxygen atoms in total. The third-order valence-corrected chi connectivity index (χ3v) is 4.31. The average molecular weight is 274 g/mol. The van der Waals surface area contributed by atoms with Crippen LogP contribution in [0.4, 0.5) is 0 Å². The molecule has 4 heteroatoms. The number of hydrogen-bond donors (Lipinski definition) is 2. The van der Waals surface area contributed by atoms with Gasteiger partial charge in [0, 0.05) is 11.1 Å². The summed E-state index contributed by atoms with van der Waals surface area (Å²) in [6.07, 6.45) is 6.73. The van der Waals surface area contributed by atoms with Crippen molar-refractivity contribution in [3.05, 3.63) is 34.4 Å². The first-order valence-corrected chi connectivity index (χ1v) is 7.22. The van der Waals surface area contributed by atoms with Crippen LogP contribution in [-0.2, 0) is 6.42 Å². The van der Waals surface area contributed by atoms with Crippen molar-refractivity contribution in [2.24, 2.45) is 17.4 Å². The highest BCUT2D eigenvalue weighted by Gasteiger charge is 2.21. The molecule has 2 rings (SSSR count). The normalized spacial score (nSPS) is 15.4. The van der Waals surface area contributed by atoms with Crippen LogP contribution in [0, 0.1) is 12.8 Å². The molecule has 1 fully saturated rings. The maximum Gasteiger partial charge on any atom is 0.249 e. The van der Waals surface area contributed by atoms with Crippen molar-refractivity contribution in [2.75, 3.05) is 0 Å². The molecule has 1 saturated carbocycles. The number of carbonyl (C=O) groups is 2. The maximum absolute atomic E-state index is 11.7. The maximum atomic E-state index is 11.7. The molecule has 4 N–H and O–H groups in total. The first-order chi connectivity index (χ1) is 9.50. The number of benzene rings is 1. The van der Waals surface area contributed by atoms with Gasteiger partial charge in [-0.1, -0.05) is 31.7 Å². The third kappa shape index (κ3) is 3.00. The van der Waals surface area contributed by atoms with Gasteiger partial charge in [0.05, 0.1) is 0 Å². The van der Waals surface area contributed by atoms with Gasteiger partial charge in [0.15, 0.2) is 0 Å². The van der Waals surface area contributed by atoms with E-state index in [9.17, 15) is 9.59 Å². The first kappa shape index (κ1) is 14.6. The predicted octanol–water partition coefficient (Wildman–Crippen LogP) is 2.32. The summed E-state index contributed by atoms with van der Waals surface area (Å²) in [4.78, 5) is 23.3. The van der Waals surface area contributed by atoms with Crippen molar-refractivity contribution >= 4 is 11.8 Å². The van der Waals surface area contributed by atoms with E-state index in [4.69, 9.17) is 11.5 Å². The highest BCUT2D eigenvalue weighted by atomic mass is 16.1. The van der Waals surface area contributed by atoms with E-state index in [1.165, 1.54) is 25.7 Å². The van der Waals surface area contributed by atoms with E-state index in [2.05, 4.69) is 0 Å². The van der Waals surface area contributed by atoms with Crippen molar-refractivity contribution in [3.8, 4) is 0 Å². The van der Waals surface area contributed by atoms with Gasteiger partial charge < -0.3 is 11.5 Å². The molecule has 20 heavy (non-hydrogen) atoms. The molecule has 0 atom stereocenters. The molecule has 0 radical (unpaired) electrons. The second kappa shape index (κ2) is 6.07.